The van der Waals surface area contributed by atoms with E-state index in [1.807, 2.05) is 23.3 Å². The molecule has 0 radical (unpaired) electrons. The van der Waals surface area contributed by atoms with Crippen LogP contribution in [0.2, 0.25) is 0 Å². The molecular formula is C13H19N3O. The molecule has 0 aliphatic carbocycles. The summed E-state index contributed by atoms with van der Waals surface area (Å²) in [4.78, 5) is 10.1. The Morgan fingerprint density at radius 1 is 1.35 bits per heavy atom. The van der Waals surface area contributed by atoms with E-state index in [9.17, 15) is 0 Å². The van der Waals surface area contributed by atoms with Crippen molar-refractivity contribution in [2.75, 3.05) is 13.1 Å². The molecule has 2 N–H and O–H groups in total. The first-order valence-electron chi connectivity index (χ1n) is 6.11. The number of benzene rings is 1. The maximum Gasteiger partial charge on any atom is 0.225 e. The lowest BCUT2D eigenvalue weighted by Crippen LogP contribution is -2.26. The molecule has 17 heavy (non-hydrogen) atoms. The fraction of sp³-hybridized carbons (Fsp3) is 0.462. The second-order valence-corrected chi connectivity index (χ2v) is 4.10. The van der Waals surface area contributed by atoms with Crippen molar-refractivity contribution < 1.29 is 4.84 Å². The molecular weight excluding hydrogens is 214 g/mol. The van der Waals surface area contributed by atoms with Gasteiger partial charge in [0.1, 0.15) is 0 Å². The first-order valence-corrected chi connectivity index (χ1v) is 6.11. The van der Waals surface area contributed by atoms with Crippen LogP contribution in [0.25, 0.3) is 0 Å². The lowest BCUT2D eigenvalue weighted by molar-refractivity contribution is -0.0862. The molecule has 0 saturated carbocycles. The minimum absolute atomic E-state index is 0.0405. The molecule has 1 aromatic rings. The van der Waals surface area contributed by atoms with Crippen LogP contribution in [0, 0.1) is 0 Å². The van der Waals surface area contributed by atoms with Gasteiger partial charge in [-0.05, 0) is 12.0 Å². The Morgan fingerprint density at radius 2 is 2.12 bits per heavy atom. The van der Waals surface area contributed by atoms with E-state index in [-0.39, 0.29) is 6.17 Å². The van der Waals surface area contributed by atoms with Gasteiger partial charge in [-0.3, -0.25) is 0 Å². The zero-order valence-corrected chi connectivity index (χ0v) is 10.2. The van der Waals surface area contributed by atoms with Crippen LogP contribution >= 0.6 is 0 Å². The Hall–Kier alpha value is -1.39. The van der Waals surface area contributed by atoms with Crippen molar-refractivity contribution in [3.8, 4) is 0 Å². The fourth-order valence-electron chi connectivity index (χ4n) is 1.85. The van der Waals surface area contributed by atoms with Gasteiger partial charge in [0.2, 0.25) is 5.90 Å². The van der Waals surface area contributed by atoms with Crippen LogP contribution in [0.3, 0.4) is 0 Å². The third-order valence-corrected chi connectivity index (χ3v) is 2.77. The largest absolute Gasteiger partial charge is 0.387 e. The topological polar surface area (TPSA) is 50.9 Å². The van der Waals surface area contributed by atoms with E-state index in [0.717, 1.165) is 24.9 Å². The van der Waals surface area contributed by atoms with Crippen molar-refractivity contribution in [2.45, 2.75) is 25.9 Å². The van der Waals surface area contributed by atoms with Crippen molar-refractivity contribution in [1.82, 2.24) is 5.06 Å². The van der Waals surface area contributed by atoms with Crippen molar-refractivity contribution in [2.24, 2.45) is 10.7 Å². The molecule has 0 spiro atoms. The van der Waals surface area contributed by atoms with Crippen molar-refractivity contribution in [3.63, 3.8) is 0 Å². The van der Waals surface area contributed by atoms with Crippen LogP contribution in [-0.2, 0) is 4.84 Å². The van der Waals surface area contributed by atoms with Crippen LogP contribution < -0.4 is 5.73 Å². The first kappa shape index (κ1) is 12.1. The Morgan fingerprint density at radius 3 is 2.76 bits per heavy atom. The molecule has 0 aromatic heterocycles. The van der Waals surface area contributed by atoms with E-state index >= 15 is 0 Å². The van der Waals surface area contributed by atoms with Gasteiger partial charge in [-0.2, -0.15) is 0 Å². The number of aliphatic imine (C=N–C) groups is 1. The maximum absolute atomic E-state index is 5.64. The van der Waals surface area contributed by atoms with E-state index in [1.54, 1.807) is 0 Å². The summed E-state index contributed by atoms with van der Waals surface area (Å²) in [5, 5.41) is 1.92. The number of rotatable bonds is 5. The third-order valence-electron chi connectivity index (χ3n) is 2.77. The molecule has 1 aliphatic rings. The highest BCUT2D eigenvalue weighted by atomic mass is 16.7. The summed E-state index contributed by atoms with van der Waals surface area (Å²) in [5.41, 5.74) is 6.73. The number of nitrogens with two attached hydrogens (primary N) is 1. The molecule has 4 heteroatoms. The average molecular weight is 233 g/mol. The summed E-state index contributed by atoms with van der Waals surface area (Å²) in [5.74, 6) is 0.620. The Labute approximate surface area is 102 Å². The zero-order chi connectivity index (χ0) is 12.1. The van der Waals surface area contributed by atoms with Gasteiger partial charge in [0, 0.05) is 6.54 Å². The molecule has 0 amide bonds. The third kappa shape index (κ3) is 2.84. The molecule has 4 nitrogen and oxygen atoms in total. The van der Waals surface area contributed by atoms with E-state index in [0.29, 0.717) is 12.4 Å². The van der Waals surface area contributed by atoms with Crippen molar-refractivity contribution >= 4 is 5.90 Å². The molecule has 1 aliphatic heterocycles. The summed E-state index contributed by atoms with van der Waals surface area (Å²) in [6, 6.07) is 10.2. The molecule has 0 fully saturated rings. The lowest BCUT2D eigenvalue weighted by Gasteiger charge is -2.21. The van der Waals surface area contributed by atoms with Crippen LogP contribution in [-0.4, -0.2) is 24.1 Å². The van der Waals surface area contributed by atoms with Crippen molar-refractivity contribution in [3.05, 3.63) is 35.9 Å². The Bertz CT molecular complexity index is 378. The number of nitrogens with zero attached hydrogens (tertiary/aromatic N) is 2. The van der Waals surface area contributed by atoms with Gasteiger partial charge in [0.25, 0.3) is 0 Å². The molecule has 0 unspecified atom stereocenters. The minimum Gasteiger partial charge on any atom is -0.387 e. The van der Waals surface area contributed by atoms with Gasteiger partial charge < -0.3 is 10.6 Å². The first-order chi connectivity index (χ1) is 8.35. The van der Waals surface area contributed by atoms with Gasteiger partial charge in [-0.1, -0.05) is 43.7 Å². The molecule has 1 atom stereocenters. The number of unbranched alkanes of at least 4 members (excludes halogenated alkanes) is 1. The van der Waals surface area contributed by atoms with Gasteiger partial charge >= 0.3 is 0 Å². The highest BCUT2D eigenvalue weighted by Gasteiger charge is 2.28. The fourth-order valence-corrected chi connectivity index (χ4v) is 1.85. The summed E-state index contributed by atoms with van der Waals surface area (Å²) in [7, 11) is 0. The lowest BCUT2D eigenvalue weighted by atomic mass is 10.1. The zero-order valence-electron chi connectivity index (χ0n) is 10.2. The summed E-state index contributed by atoms with van der Waals surface area (Å²) in [6.07, 6.45) is 2.19. The SMILES string of the molecule is CCCCN1OC(CN)=N[C@H]1c1ccccc1. The van der Waals surface area contributed by atoms with E-state index < -0.39 is 0 Å². The second kappa shape index (κ2) is 5.80. The van der Waals surface area contributed by atoms with Crippen LogP contribution in [0.5, 0.6) is 0 Å². The summed E-state index contributed by atoms with van der Waals surface area (Å²) in [6.45, 7) is 3.40. The number of hydrogen-bond donors (Lipinski definition) is 1. The van der Waals surface area contributed by atoms with Crippen molar-refractivity contribution in [1.29, 1.82) is 0 Å². The predicted octanol–water partition coefficient (Wildman–Crippen LogP) is 2.09. The average Bonchev–Trinajstić information content (AvgIpc) is 2.80. The summed E-state index contributed by atoms with van der Waals surface area (Å²) < 4.78 is 0. The van der Waals surface area contributed by atoms with Crippen LogP contribution in [0.15, 0.2) is 35.3 Å². The predicted molar refractivity (Wildman–Crippen MR) is 68.4 cm³/mol. The van der Waals surface area contributed by atoms with Crippen LogP contribution in [0.4, 0.5) is 0 Å². The standard InChI is InChI=1S/C13H19N3O/c1-2-3-9-16-13(15-12(10-14)17-16)11-7-5-4-6-8-11/h4-8,13H,2-3,9-10,14H2,1H3/t13-/m1/s1. The maximum atomic E-state index is 5.64. The van der Waals surface area contributed by atoms with Crippen LogP contribution in [0.1, 0.15) is 31.5 Å². The van der Waals surface area contributed by atoms with E-state index in [2.05, 4.69) is 24.0 Å². The van der Waals surface area contributed by atoms with Gasteiger partial charge in [0.15, 0.2) is 6.17 Å². The molecule has 1 heterocycles. The van der Waals surface area contributed by atoms with Gasteiger partial charge in [-0.25, -0.2) is 4.99 Å². The number of hydrogen-bond acceptors (Lipinski definition) is 4. The van der Waals surface area contributed by atoms with E-state index in [4.69, 9.17) is 10.6 Å². The highest BCUT2D eigenvalue weighted by Crippen LogP contribution is 2.27. The van der Waals surface area contributed by atoms with E-state index in [1.165, 1.54) is 0 Å². The molecule has 0 saturated heterocycles. The minimum atomic E-state index is -0.0405. The van der Waals surface area contributed by atoms with Gasteiger partial charge in [0.05, 0.1) is 6.54 Å². The highest BCUT2D eigenvalue weighted by molar-refractivity contribution is 5.79. The number of hydroxylamine groups is 2. The second-order valence-electron chi connectivity index (χ2n) is 4.10. The Balaban J connectivity index is 2.13. The molecule has 1 aromatic carbocycles. The molecule has 92 valence electrons. The normalized spacial score (nSPS) is 20.1. The monoisotopic (exact) mass is 233 g/mol. The molecule has 2 rings (SSSR count). The van der Waals surface area contributed by atoms with Gasteiger partial charge in [-0.15, -0.1) is 5.06 Å². The Kier molecular flexibility index (Phi) is 4.12. The molecule has 0 bridgehead atoms. The quantitative estimate of drug-likeness (QED) is 0.847. The smallest absolute Gasteiger partial charge is 0.225 e. The summed E-state index contributed by atoms with van der Waals surface area (Å²) >= 11 is 0.